The number of rotatable bonds is 1. The highest BCUT2D eigenvalue weighted by atomic mass is 19.4. The second kappa shape index (κ2) is 4.78. The molecular weight excluding hydrogens is 290 g/mol. The van der Waals surface area contributed by atoms with Crippen molar-refractivity contribution in [2.24, 2.45) is 10.7 Å². The minimum absolute atomic E-state index is 0.0273. The lowest BCUT2D eigenvalue weighted by atomic mass is 9.84. The van der Waals surface area contributed by atoms with Gasteiger partial charge < -0.3 is 16.2 Å². The molecular formula is C13H15F4N3O. The molecule has 0 amide bonds. The Morgan fingerprint density at radius 1 is 1.33 bits per heavy atom. The maximum absolute atomic E-state index is 14.3. The van der Waals surface area contributed by atoms with E-state index >= 15 is 0 Å². The summed E-state index contributed by atoms with van der Waals surface area (Å²) in [5.41, 5.74) is 9.94. The van der Waals surface area contributed by atoms with Gasteiger partial charge in [0.05, 0.1) is 5.54 Å². The van der Waals surface area contributed by atoms with Gasteiger partial charge >= 0.3 is 6.18 Å². The number of aryl methyl sites for hydroxylation is 1. The molecule has 2 atom stereocenters. The molecule has 0 saturated carbocycles. The van der Waals surface area contributed by atoms with Gasteiger partial charge in [-0.25, -0.2) is 9.38 Å². The molecule has 4 nitrogen and oxygen atoms in total. The maximum atomic E-state index is 14.3. The normalized spacial score (nSPS) is 26.2. The zero-order chi connectivity index (χ0) is 16.0. The van der Waals surface area contributed by atoms with Crippen molar-refractivity contribution in [3.05, 3.63) is 29.1 Å². The van der Waals surface area contributed by atoms with E-state index in [1.165, 1.54) is 26.0 Å². The lowest BCUT2D eigenvalue weighted by Crippen LogP contribution is -2.46. The minimum atomic E-state index is -4.62. The summed E-state index contributed by atoms with van der Waals surface area (Å²) in [5.74, 6) is -0.647. The van der Waals surface area contributed by atoms with Gasteiger partial charge in [0.2, 0.25) is 0 Å². The largest absolute Gasteiger partial charge is 0.452 e. The molecule has 0 bridgehead atoms. The Kier molecular flexibility index (Phi) is 3.51. The van der Waals surface area contributed by atoms with Crippen LogP contribution in [0.4, 0.5) is 23.2 Å². The second-order valence-corrected chi connectivity index (χ2v) is 5.28. The number of hydrogen-bond donors (Lipinski definition) is 2. The van der Waals surface area contributed by atoms with E-state index in [9.17, 15) is 17.6 Å². The van der Waals surface area contributed by atoms with E-state index in [0.29, 0.717) is 0 Å². The van der Waals surface area contributed by atoms with Gasteiger partial charge in [0, 0.05) is 17.7 Å². The van der Waals surface area contributed by atoms with Crippen molar-refractivity contribution < 1.29 is 22.3 Å². The second-order valence-electron chi connectivity index (χ2n) is 5.28. The van der Waals surface area contributed by atoms with Gasteiger partial charge in [-0.3, -0.25) is 0 Å². The summed E-state index contributed by atoms with van der Waals surface area (Å²) in [4.78, 5) is 3.87. The summed E-state index contributed by atoms with van der Waals surface area (Å²) in [6, 6.07) is 2.05. The van der Waals surface area contributed by atoms with Crippen LogP contribution in [0, 0.1) is 12.7 Å². The number of hydrogen-bond acceptors (Lipinski definition) is 4. The summed E-state index contributed by atoms with van der Waals surface area (Å²) in [5, 5.41) is 0. The average Bonchev–Trinajstić information content (AvgIpc) is 2.31. The molecule has 0 spiro atoms. The van der Waals surface area contributed by atoms with Gasteiger partial charge in [-0.05, 0) is 31.5 Å². The molecule has 21 heavy (non-hydrogen) atoms. The van der Waals surface area contributed by atoms with E-state index in [-0.39, 0.29) is 16.8 Å². The van der Waals surface area contributed by atoms with Crippen LogP contribution < -0.4 is 11.5 Å². The topological polar surface area (TPSA) is 73.6 Å². The molecule has 1 aromatic carbocycles. The Hall–Kier alpha value is -1.99. The number of halogens is 4. The van der Waals surface area contributed by atoms with Crippen LogP contribution in [0.3, 0.4) is 0 Å². The van der Waals surface area contributed by atoms with Gasteiger partial charge in [0.25, 0.3) is 6.02 Å². The Morgan fingerprint density at radius 2 is 1.95 bits per heavy atom. The van der Waals surface area contributed by atoms with E-state index in [0.717, 1.165) is 0 Å². The maximum Gasteiger partial charge on any atom is 0.425 e. The highest BCUT2D eigenvalue weighted by molar-refractivity contribution is 5.73. The van der Waals surface area contributed by atoms with Crippen LogP contribution in [0.15, 0.2) is 17.1 Å². The first-order chi connectivity index (χ1) is 9.53. The molecule has 116 valence electrons. The van der Waals surface area contributed by atoms with E-state index in [4.69, 9.17) is 11.5 Å². The Balaban J connectivity index is 2.53. The molecule has 0 aliphatic carbocycles. The van der Waals surface area contributed by atoms with Crippen LogP contribution in [-0.4, -0.2) is 18.3 Å². The van der Waals surface area contributed by atoms with Gasteiger partial charge in [-0.15, -0.1) is 0 Å². The summed E-state index contributed by atoms with van der Waals surface area (Å²) >= 11 is 0. The van der Waals surface area contributed by atoms with Crippen LogP contribution in [-0.2, 0) is 10.3 Å². The Labute approximate surface area is 118 Å². The molecule has 1 aliphatic rings. The number of anilines is 1. The summed E-state index contributed by atoms with van der Waals surface area (Å²) < 4.78 is 57.4. The molecule has 1 aliphatic heterocycles. The SMILES string of the molecule is Cc1cc(N)cc([C@]2(C)C[C@@H](C(F)(F)F)OC(N)=N2)c1F. The first-order valence-corrected chi connectivity index (χ1v) is 6.18. The van der Waals surface area contributed by atoms with Crippen molar-refractivity contribution >= 4 is 11.7 Å². The highest BCUT2D eigenvalue weighted by Gasteiger charge is 2.50. The van der Waals surface area contributed by atoms with Crippen molar-refractivity contribution in [1.82, 2.24) is 0 Å². The molecule has 0 saturated heterocycles. The predicted molar refractivity (Wildman–Crippen MR) is 70.1 cm³/mol. The number of ether oxygens (including phenoxy) is 1. The standard InChI is InChI=1S/C13H15F4N3O/c1-6-3-7(18)4-8(10(6)14)12(2)5-9(13(15,16)17)21-11(19)20-12/h3-4,9H,5,18H2,1-2H3,(H2,19,20)/t9-,12-/m0/s1. The highest BCUT2D eigenvalue weighted by Crippen LogP contribution is 2.41. The zero-order valence-electron chi connectivity index (χ0n) is 11.5. The molecule has 0 radical (unpaired) electrons. The Morgan fingerprint density at radius 3 is 2.52 bits per heavy atom. The summed E-state index contributed by atoms with van der Waals surface area (Å²) in [6.45, 7) is 2.85. The van der Waals surface area contributed by atoms with Crippen molar-refractivity contribution in [2.75, 3.05) is 5.73 Å². The summed E-state index contributed by atoms with van der Waals surface area (Å²) in [7, 11) is 0. The van der Waals surface area contributed by atoms with E-state index in [1.54, 1.807) is 0 Å². The fourth-order valence-corrected chi connectivity index (χ4v) is 2.41. The van der Waals surface area contributed by atoms with Gasteiger partial charge in [0.1, 0.15) is 5.82 Å². The molecule has 0 fully saturated rings. The van der Waals surface area contributed by atoms with Crippen LogP contribution in [0.1, 0.15) is 24.5 Å². The van der Waals surface area contributed by atoms with Crippen LogP contribution in [0.2, 0.25) is 0 Å². The molecule has 1 aromatic rings. The van der Waals surface area contributed by atoms with E-state index < -0.39 is 36.1 Å². The number of alkyl halides is 3. The quantitative estimate of drug-likeness (QED) is 0.618. The minimum Gasteiger partial charge on any atom is -0.452 e. The van der Waals surface area contributed by atoms with E-state index in [1.807, 2.05) is 0 Å². The number of nitrogen functional groups attached to an aromatic ring is 1. The summed E-state index contributed by atoms with van der Waals surface area (Å²) in [6.07, 6.45) is -7.33. The number of benzene rings is 1. The first-order valence-electron chi connectivity index (χ1n) is 6.18. The lowest BCUT2D eigenvalue weighted by Gasteiger charge is -2.36. The first kappa shape index (κ1) is 15.4. The zero-order valence-corrected chi connectivity index (χ0v) is 11.5. The molecule has 4 N–H and O–H groups in total. The average molecular weight is 305 g/mol. The lowest BCUT2D eigenvalue weighted by molar-refractivity contribution is -0.208. The van der Waals surface area contributed by atoms with Crippen molar-refractivity contribution in [1.29, 1.82) is 0 Å². The fourth-order valence-electron chi connectivity index (χ4n) is 2.41. The van der Waals surface area contributed by atoms with Crippen molar-refractivity contribution in [3.8, 4) is 0 Å². The van der Waals surface area contributed by atoms with Crippen molar-refractivity contribution in [2.45, 2.75) is 38.1 Å². The van der Waals surface area contributed by atoms with Gasteiger partial charge in [0.15, 0.2) is 6.10 Å². The molecule has 8 heteroatoms. The van der Waals surface area contributed by atoms with Crippen molar-refractivity contribution in [3.63, 3.8) is 0 Å². The number of amidine groups is 1. The van der Waals surface area contributed by atoms with Crippen LogP contribution >= 0.6 is 0 Å². The third-order valence-electron chi connectivity index (χ3n) is 3.43. The monoisotopic (exact) mass is 305 g/mol. The Bertz CT molecular complexity index is 600. The fraction of sp³-hybridized carbons (Fsp3) is 0.462. The molecule has 2 rings (SSSR count). The van der Waals surface area contributed by atoms with Crippen LogP contribution in [0.25, 0.3) is 0 Å². The predicted octanol–water partition coefficient (Wildman–Crippen LogP) is 2.60. The van der Waals surface area contributed by atoms with Gasteiger partial charge in [-0.1, -0.05) is 0 Å². The van der Waals surface area contributed by atoms with E-state index in [2.05, 4.69) is 9.73 Å². The van der Waals surface area contributed by atoms with Crippen LogP contribution in [0.5, 0.6) is 0 Å². The third kappa shape index (κ3) is 2.88. The smallest absolute Gasteiger partial charge is 0.425 e. The number of nitrogens with zero attached hydrogens (tertiary/aromatic N) is 1. The number of aliphatic imine (C=N–C) groups is 1. The molecule has 0 unspecified atom stereocenters. The van der Waals surface area contributed by atoms with Gasteiger partial charge in [-0.2, -0.15) is 13.2 Å². The molecule has 1 heterocycles. The number of nitrogens with two attached hydrogens (primary N) is 2. The molecule has 0 aromatic heterocycles. The third-order valence-corrected chi connectivity index (χ3v) is 3.43.